The number of likely N-dealkylation sites (tertiary alicyclic amines) is 1. The zero-order valence-corrected chi connectivity index (χ0v) is 41.4. The molecule has 1 saturated carbocycles. The minimum atomic E-state index is -0.962. The van der Waals surface area contributed by atoms with E-state index in [1.165, 1.54) is 4.90 Å². The van der Waals surface area contributed by atoms with Crippen molar-refractivity contribution < 1.29 is 33.8 Å². The Hall–Kier alpha value is -5.53. The van der Waals surface area contributed by atoms with Crippen LogP contribution in [0.2, 0.25) is 5.02 Å². The predicted octanol–water partition coefficient (Wildman–Crippen LogP) is 7.83. The zero-order chi connectivity index (χ0) is 48.8. The van der Waals surface area contributed by atoms with Crippen molar-refractivity contribution in [2.24, 2.45) is 16.2 Å². The first-order valence-electron chi connectivity index (χ1n) is 22.8. The maximum Gasteiger partial charge on any atom is 0.251 e. The van der Waals surface area contributed by atoms with E-state index < -0.39 is 35.4 Å². The van der Waals surface area contributed by atoms with Gasteiger partial charge in [0.15, 0.2) is 0 Å². The highest BCUT2D eigenvalue weighted by Gasteiger charge is 2.64. The molecule has 16 heteroatoms. The molecule has 1 aliphatic heterocycles. The van der Waals surface area contributed by atoms with E-state index >= 15 is 0 Å². The number of unbranched alkanes of at least 4 members (excludes halogenated alkanes) is 1. The van der Waals surface area contributed by atoms with Gasteiger partial charge in [0.1, 0.15) is 36.6 Å². The minimum absolute atomic E-state index is 0.0187. The number of aryl methyl sites for hydroxylation is 1. The Morgan fingerprint density at radius 3 is 2.30 bits per heavy atom. The van der Waals surface area contributed by atoms with Crippen LogP contribution < -0.4 is 26.0 Å². The van der Waals surface area contributed by atoms with Crippen LogP contribution in [0.15, 0.2) is 72.2 Å². The molecule has 0 unspecified atom stereocenters. The number of halogens is 1. The Bertz CT molecular complexity index is 2430. The number of aliphatic hydroxyl groups excluding tert-OH is 1. The van der Waals surface area contributed by atoms with Gasteiger partial charge in [-0.1, -0.05) is 84.3 Å². The van der Waals surface area contributed by atoms with E-state index in [9.17, 15) is 29.5 Å². The van der Waals surface area contributed by atoms with Gasteiger partial charge in [-0.3, -0.25) is 19.2 Å². The van der Waals surface area contributed by atoms with Crippen molar-refractivity contribution in [1.82, 2.24) is 25.8 Å². The van der Waals surface area contributed by atoms with Crippen LogP contribution in [0.4, 0.5) is 5.69 Å². The minimum Gasteiger partial charge on any atom is -0.489 e. The van der Waals surface area contributed by atoms with Crippen LogP contribution in [0.3, 0.4) is 0 Å². The van der Waals surface area contributed by atoms with E-state index in [1.54, 1.807) is 41.7 Å². The molecule has 0 bridgehead atoms. The molecule has 1 saturated heterocycles. The fourth-order valence-electron chi connectivity index (χ4n) is 9.49. The maximum absolute atomic E-state index is 14.1. The van der Waals surface area contributed by atoms with Crippen molar-refractivity contribution in [3.05, 3.63) is 99.6 Å². The van der Waals surface area contributed by atoms with Gasteiger partial charge in [-0.2, -0.15) is 5.26 Å². The number of hydrogen-bond donors (Lipinski definition) is 5. The average Bonchev–Trinajstić information content (AvgIpc) is 3.90. The van der Waals surface area contributed by atoms with E-state index in [1.807, 2.05) is 76.5 Å². The number of anilines is 1. The summed E-state index contributed by atoms with van der Waals surface area (Å²) in [5, 5.41) is 32.6. The number of β-amino-alcohol motifs (C(OH)–C–C–N with tert-alkyl or cyclic N) is 1. The molecule has 14 nitrogen and oxygen atoms in total. The fourth-order valence-corrected chi connectivity index (χ4v) is 10.5. The summed E-state index contributed by atoms with van der Waals surface area (Å²) in [6.07, 6.45) is 0.436. The molecule has 3 aromatic carbocycles. The van der Waals surface area contributed by atoms with E-state index in [2.05, 4.69) is 60.0 Å². The van der Waals surface area contributed by atoms with Crippen molar-refractivity contribution in [2.75, 3.05) is 31.6 Å². The molecule has 358 valence electrons. The summed E-state index contributed by atoms with van der Waals surface area (Å²) < 4.78 is 12.0. The zero-order valence-electron chi connectivity index (χ0n) is 39.9. The lowest BCUT2D eigenvalue weighted by molar-refractivity contribution is -0.164. The molecule has 2 heterocycles. The average molecular weight is 955 g/mol. The third kappa shape index (κ3) is 12.0. The number of nitrogens with zero attached hydrogens (tertiary/aromatic N) is 3. The summed E-state index contributed by atoms with van der Waals surface area (Å²) in [5.74, 6) is -0.861. The molecule has 4 atom stereocenters. The second kappa shape index (κ2) is 21.2. The van der Waals surface area contributed by atoms with Crippen molar-refractivity contribution in [1.29, 1.82) is 5.26 Å². The number of carbonyl (C=O) groups excluding carboxylic acids is 4. The quantitative estimate of drug-likeness (QED) is 0.0614. The lowest BCUT2D eigenvalue weighted by Gasteiger charge is -2.63. The predicted molar refractivity (Wildman–Crippen MR) is 261 cm³/mol. The monoisotopic (exact) mass is 953 g/mol. The number of nitrogens with one attached hydrogen (secondary N) is 4. The van der Waals surface area contributed by atoms with Gasteiger partial charge in [0, 0.05) is 60.3 Å². The number of rotatable bonds is 18. The van der Waals surface area contributed by atoms with Gasteiger partial charge < -0.3 is 40.7 Å². The number of aliphatic hydroxyl groups is 1. The molecule has 4 amide bonds. The van der Waals surface area contributed by atoms with Crippen LogP contribution >= 0.6 is 22.9 Å². The number of thiazole rings is 1. The normalized spacial score (nSPS) is 20.4. The van der Waals surface area contributed by atoms with Gasteiger partial charge >= 0.3 is 0 Å². The summed E-state index contributed by atoms with van der Waals surface area (Å²) in [4.78, 5) is 61.0. The van der Waals surface area contributed by atoms with Gasteiger partial charge in [0.25, 0.3) is 5.91 Å². The molecule has 2 fully saturated rings. The Balaban J connectivity index is 0.906. The molecule has 1 aromatic heterocycles. The van der Waals surface area contributed by atoms with Crippen molar-refractivity contribution >= 4 is 52.3 Å². The fraction of sp³-hybridized carbons (Fsp3) is 0.490. The number of amides is 4. The SMILES string of the molecule is Cc1ncsc1-c1ccc([C@@H](C)NC(=O)[C@@H]2C[C@@H](O)CN2C(=O)[C@@H](NC(=O)COCCCCNc2ccc(C(=O)N[C@H]3C(C)(C)[C@H](Oc4ccc(C#N)c(Cl)c4)C3(C)C)cc2)C(C)(C)C)cc1. The Morgan fingerprint density at radius 1 is 1.00 bits per heavy atom. The van der Waals surface area contributed by atoms with Gasteiger partial charge in [0.2, 0.25) is 17.7 Å². The molecule has 67 heavy (non-hydrogen) atoms. The summed E-state index contributed by atoms with van der Waals surface area (Å²) in [6.45, 7) is 18.3. The van der Waals surface area contributed by atoms with Crippen LogP contribution in [0, 0.1) is 34.5 Å². The van der Waals surface area contributed by atoms with Crippen LogP contribution in [-0.4, -0.2) is 95.3 Å². The lowest BCUT2D eigenvalue weighted by Crippen LogP contribution is -2.74. The van der Waals surface area contributed by atoms with E-state index in [0.717, 1.165) is 33.8 Å². The first-order chi connectivity index (χ1) is 31.6. The highest BCUT2D eigenvalue weighted by molar-refractivity contribution is 7.13. The third-order valence-corrected chi connectivity index (χ3v) is 14.2. The lowest BCUT2D eigenvalue weighted by atomic mass is 9.49. The van der Waals surface area contributed by atoms with Crippen molar-refractivity contribution in [3.63, 3.8) is 0 Å². The number of carbonyl (C=O) groups is 4. The van der Waals surface area contributed by atoms with Crippen LogP contribution in [0.5, 0.6) is 5.75 Å². The Morgan fingerprint density at radius 2 is 1.69 bits per heavy atom. The molecule has 2 aliphatic rings. The van der Waals surface area contributed by atoms with Crippen LogP contribution in [0.25, 0.3) is 10.4 Å². The maximum atomic E-state index is 14.1. The molecule has 0 spiro atoms. The summed E-state index contributed by atoms with van der Waals surface area (Å²) >= 11 is 7.81. The summed E-state index contributed by atoms with van der Waals surface area (Å²) in [7, 11) is 0. The topological polar surface area (TPSA) is 195 Å². The smallest absolute Gasteiger partial charge is 0.251 e. The second-order valence-electron chi connectivity index (χ2n) is 19.9. The number of benzene rings is 3. The van der Waals surface area contributed by atoms with Crippen molar-refractivity contribution in [3.8, 4) is 22.3 Å². The van der Waals surface area contributed by atoms with Gasteiger partial charge in [-0.05, 0) is 79.6 Å². The van der Waals surface area contributed by atoms with Crippen LogP contribution in [-0.2, 0) is 19.1 Å². The van der Waals surface area contributed by atoms with Gasteiger partial charge in [-0.25, -0.2) is 4.98 Å². The Labute approximate surface area is 403 Å². The number of nitriles is 1. The largest absolute Gasteiger partial charge is 0.489 e. The molecule has 1 aliphatic carbocycles. The number of ether oxygens (including phenoxy) is 2. The van der Waals surface area contributed by atoms with Crippen molar-refractivity contribution in [2.45, 2.75) is 118 Å². The summed E-state index contributed by atoms with van der Waals surface area (Å²) in [6, 6.07) is 19.9. The van der Waals surface area contributed by atoms with E-state index in [4.69, 9.17) is 21.1 Å². The first kappa shape index (κ1) is 50.9. The Kier molecular flexibility index (Phi) is 16.1. The van der Waals surface area contributed by atoms with Gasteiger partial charge in [0.05, 0.1) is 38.8 Å². The number of aromatic nitrogens is 1. The highest BCUT2D eigenvalue weighted by Crippen LogP contribution is 2.55. The molecule has 4 aromatic rings. The second-order valence-corrected chi connectivity index (χ2v) is 21.2. The van der Waals surface area contributed by atoms with Gasteiger partial charge in [-0.15, -0.1) is 11.3 Å². The first-order valence-corrected chi connectivity index (χ1v) is 24.0. The molecule has 6 rings (SSSR count). The highest BCUT2D eigenvalue weighted by atomic mass is 35.5. The van der Waals surface area contributed by atoms with E-state index in [0.29, 0.717) is 41.5 Å². The molecule has 5 N–H and O–H groups in total. The molecular formula is C51H64ClN7O7S. The number of hydrogen-bond acceptors (Lipinski definition) is 11. The van der Waals surface area contributed by atoms with Crippen LogP contribution in [0.1, 0.15) is 108 Å². The van der Waals surface area contributed by atoms with E-state index in [-0.39, 0.29) is 60.4 Å². The standard InChI is InChI=1S/C51H64ClN7O7S/c1-30(32-12-14-33(15-13-32)42-31(2)55-29-67-42)56-45(63)40-24-37(60)27-59(40)46(64)43(49(3,4)5)57-41(61)28-65-23-11-10-22-54-36-19-16-34(17-20-36)44(62)58-47-50(6,7)48(51(47,8)9)66-38-21-18-35(26-53)39(52)25-38/h12-21,25,29-30,37,40,43,47-48,54,60H,10-11,22-24,27-28H2,1-9H3,(H,56,63)(H,57,61)(H,58,62)/t30-,37-,40+,43-,47-,48-/m1/s1. The third-order valence-electron chi connectivity index (χ3n) is 12.9. The summed E-state index contributed by atoms with van der Waals surface area (Å²) in [5.41, 5.74) is 5.03. The molecular weight excluding hydrogens is 890 g/mol. The molecule has 0 radical (unpaired) electrons.